The molecule has 0 unspecified atom stereocenters. The van der Waals surface area contributed by atoms with Crippen LogP contribution >= 0.6 is 0 Å². The summed E-state index contributed by atoms with van der Waals surface area (Å²) in [4.78, 5) is 0. The fourth-order valence-electron chi connectivity index (χ4n) is 2.31. The van der Waals surface area contributed by atoms with Crippen LogP contribution in [0.4, 0.5) is 0 Å². The van der Waals surface area contributed by atoms with Crippen molar-refractivity contribution in [3.8, 4) is 11.5 Å². The maximum Gasteiger partial charge on any atom is 0.160 e. The molecular weight excluding hydrogens is 260 g/mol. The largest absolute Gasteiger partial charge is 0.504 e. The number of fused-ring (bicyclic) bond motifs is 1. The van der Waals surface area contributed by atoms with Gasteiger partial charge in [-0.05, 0) is 40.1 Å². The van der Waals surface area contributed by atoms with E-state index in [1.54, 1.807) is 19.2 Å². The first-order valence-corrected chi connectivity index (χ1v) is 6.80. The van der Waals surface area contributed by atoms with Gasteiger partial charge in [0.25, 0.3) is 0 Å². The Morgan fingerprint density at radius 2 is 1.48 bits per heavy atom. The highest BCUT2D eigenvalue weighted by atomic mass is 16.5. The number of hydrogen-bond donors (Lipinski definition) is 1. The molecule has 0 bridgehead atoms. The summed E-state index contributed by atoms with van der Waals surface area (Å²) in [7, 11) is 1.54. The van der Waals surface area contributed by atoms with Crippen LogP contribution in [-0.2, 0) is 0 Å². The van der Waals surface area contributed by atoms with Crippen LogP contribution in [0.2, 0.25) is 0 Å². The highest BCUT2D eigenvalue weighted by Gasteiger charge is 2.00. The summed E-state index contributed by atoms with van der Waals surface area (Å²) in [5.74, 6) is 0.635. The van der Waals surface area contributed by atoms with Gasteiger partial charge in [-0.1, -0.05) is 54.6 Å². The Morgan fingerprint density at radius 1 is 0.810 bits per heavy atom. The highest BCUT2D eigenvalue weighted by molar-refractivity contribution is 5.86. The molecule has 3 aromatic rings. The lowest BCUT2D eigenvalue weighted by Crippen LogP contribution is -1.83. The normalized spacial score (nSPS) is 11.1. The number of phenols is 1. The Morgan fingerprint density at radius 3 is 2.19 bits per heavy atom. The van der Waals surface area contributed by atoms with Crippen molar-refractivity contribution in [2.24, 2.45) is 0 Å². The molecule has 0 fully saturated rings. The van der Waals surface area contributed by atoms with E-state index in [1.165, 1.54) is 10.8 Å². The predicted octanol–water partition coefficient (Wildman–Crippen LogP) is 4.72. The second-order valence-electron chi connectivity index (χ2n) is 4.87. The van der Waals surface area contributed by atoms with Crippen LogP contribution in [0, 0.1) is 0 Å². The van der Waals surface area contributed by atoms with E-state index < -0.39 is 0 Å². The molecule has 0 saturated carbocycles. The maximum absolute atomic E-state index is 9.77. The number of benzene rings is 3. The molecule has 0 aliphatic heterocycles. The molecule has 0 aromatic heterocycles. The number of ether oxygens (including phenoxy) is 1. The topological polar surface area (TPSA) is 29.5 Å². The Hall–Kier alpha value is -2.74. The van der Waals surface area contributed by atoms with Gasteiger partial charge in [0.1, 0.15) is 0 Å². The van der Waals surface area contributed by atoms with Crippen LogP contribution < -0.4 is 4.74 Å². The summed E-state index contributed by atoms with van der Waals surface area (Å²) in [5.41, 5.74) is 2.06. The van der Waals surface area contributed by atoms with E-state index in [9.17, 15) is 5.11 Å². The second kappa shape index (κ2) is 5.71. The van der Waals surface area contributed by atoms with Gasteiger partial charge in [0.2, 0.25) is 0 Å². The summed E-state index contributed by atoms with van der Waals surface area (Å²) < 4.78 is 5.04. The second-order valence-corrected chi connectivity index (χ2v) is 4.87. The molecule has 2 nitrogen and oxygen atoms in total. The van der Waals surface area contributed by atoms with Gasteiger partial charge in [-0.3, -0.25) is 0 Å². The van der Waals surface area contributed by atoms with Crippen LogP contribution in [0.5, 0.6) is 11.5 Å². The van der Waals surface area contributed by atoms with Crippen LogP contribution in [0.1, 0.15) is 11.1 Å². The van der Waals surface area contributed by atoms with Crippen LogP contribution in [0.3, 0.4) is 0 Å². The van der Waals surface area contributed by atoms with Crippen LogP contribution in [-0.4, -0.2) is 12.2 Å². The number of aromatic hydroxyl groups is 1. The summed E-state index contributed by atoms with van der Waals surface area (Å²) in [6.45, 7) is 0. The molecule has 0 amide bonds. The van der Waals surface area contributed by atoms with Gasteiger partial charge in [0.05, 0.1) is 7.11 Å². The van der Waals surface area contributed by atoms with E-state index in [1.807, 2.05) is 30.4 Å². The van der Waals surface area contributed by atoms with Gasteiger partial charge in [-0.2, -0.15) is 0 Å². The Bertz CT molecular complexity index is 804. The molecule has 0 saturated heterocycles. The Kier molecular flexibility index (Phi) is 3.61. The van der Waals surface area contributed by atoms with E-state index in [0.717, 1.165) is 11.1 Å². The first kappa shape index (κ1) is 13.3. The SMILES string of the molecule is COc1ccc(/C=C/c2ccc3ccccc3c2)cc1O. The minimum atomic E-state index is 0.151. The van der Waals surface area contributed by atoms with Crippen molar-refractivity contribution in [1.82, 2.24) is 0 Å². The van der Waals surface area contributed by atoms with Crippen molar-refractivity contribution < 1.29 is 9.84 Å². The Labute approximate surface area is 123 Å². The van der Waals surface area contributed by atoms with E-state index in [2.05, 4.69) is 30.3 Å². The van der Waals surface area contributed by atoms with Crippen LogP contribution in [0.15, 0.2) is 60.7 Å². The summed E-state index contributed by atoms with van der Waals surface area (Å²) in [5, 5.41) is 12.2. The highest BCUT2D eigenvalue weighted by Crippen LogP contribution is 2.27. The summed E-state index contributed by atoms with van der Waals surface area (Å²) in [6, 6.07) is 20.0. The lowest BCUT2D eigenvalue weighted by molar-refractivity contribution is 0.373. The molecule has 2 heteroatoms. The molecular formula is C19H16O2. The van der Waals surface area contributed by atoms with E-state index >= 15 is 0 Å². The third kappa shape index (κ3) is 2.90. The molecule has 0 aliphatic carbocycles. The standard InChI is InChI=1S/C19H16O2/c1-21-19-11-9-15(13-18(19)20)7-6-14-8-10-16-4-2-3-5-17(16)12-14/h2-13,20H,1H3/b7-6+. The minimum Gasteiger partial charge on any atom is -0.504 e. The van der Waals surface area contributed by atoms with Crippen molar-refractivity contribution in [2.75, 3.05) is 7.11 Å². The smallest absolute Gasteiger partial charge is 0.160 e. The van der Waals surface area contributed by atoms with Gasteiger partial charge in [-0.25, -0.2) is 0 Å². The van der Waals surface area contributed by atoms with Crippen molar-refractivity contribution >= 4 is 22.9 Å². The molecule has 0 aliphatic rings. The van der Waals surface area contributed by atoms with Gasteiger partial charge in [-0.15, -0.1) is 0 Å². The molecule has 3 aromatic carbocycles. The zero-order valence-corrected chi connectivity index (χ0v) is 11.8. The third-order valence-electron chi connectivity index (χ3n) is 3.44. The Balaban J connectivity index is 1.88. The van der Waals surface area contributed by atoms with Gasteiger partial charge in [0.15, 0.2) is 11.5 Å². The molecule has 0 atom stereocenters. The average molecular weight is 276 g/mol. The lowest BCUT2D eigenvalue weighted by atomic mass is 10.1. The zero-order chi connectivity index (χ0) is 14.7. The summed E-state index contributed by atoms with van der Waals surface area (Å²) in [6.07, 6.45) is 4.01. The molecule has 21 heavy (non-hydrogen) atoms. The quantitative estimate of drug-likeness (QED) is 0.701. The van der Waals surface area contributed by atoms with E-state index in [-0.39, 0.29) is 5.75 Å². The monoisotopic (exact) mass is 276 g/mol. The van der Waals surface area contributed by atoms with Gasteiger partial charge < -0.3 is 9.84 Å². The van der Waals surface area contributed by atoms with Crippen molar-refractivity contribution in [2.45, 2.75) is 0 Å². The predicted molar refractivity (Wildman–Crippen MR) is 87.5 cm³/mol. The molecule has 0 spiro atoms. The summed E-state index contributed by atoms with van der Waals surface area (Å²) >= 11 is 0. The number of methoxy groups -OCH3 is 1. The van der Waals surface area contributed by atoms with Crippen molar-refractivity contribution in [1.29, 1.82) is 0 Å². The molecule has 1 N–H and O–H groups in total. The van der Waals surface area contributed by atoms with Crippen LogP contribution in [0.25, 0.3) is 22.9 Å². The minimum absolute atomic E-state index is 0.151. The number of rotatable bonds is 3. The zero-order valence-electron chi connectivity index (χ0n) is 11.8. The molecule has 3 rings (SSSR count). The molecule has 0 radical (unpaired) electrons. The van der Waals surface area contributed by atoms with Gasteiger partial charge >= 0.3 is 0 Å². The first-order valence-electron chi connectivity index (χ1n) is 6.80. The number of hydrogen-bond acceptors (Lipinski definition) is 2. The lowest BCUT2D eigenvalue weighted by Gasteiger charge is -2.03. The fraction of sp³-hybridized carbons (Fsp3) is 0.0526. The fourth-order valence-corrected chi connectivity index (χ4v) is 2.31. The molecule has 0 heterocycles. The van der Waals surface area contributed by atoms with E-state index in [4.69, 9.17) is 4.74 Å². The average Bonchev–Trinajstić information content (AvgIpc) is 2.53. The first-order chi connectivity index (χ1) is 10.3. The third-order valence-corrected chi connectivity index (χ3v) is 3.44. The van der Waals surface area contributed by atoms with Crippen molar-refractivity contribution in [3.63, 3.8) is 0 Å². The molecule has 104 valence electrons. The number of phenolic OH excluding ortho intramolecular Hbond substituents is 1. The van der Waals surface area contributed by atoms with E-state index in [0.29, 0.717) is 5.75 Å². The van der Waals surface area contributed by atoms with Crippen molar-refractivity contribution in [3.05, 3.63) is 71.8 Å². The maximum atomic E-state index is 9.77. The van der Waals surface area contributed by atoms with Gasteiger partial charge in [0, 0.05) is 0 Å².